The standard InChI is InChI=1S/C14H22N2O2/c1-10-9-12(6-7-13(10)18-4)16(3)14(17)8-5-11(2)15/h6-7,9,11H,5,8,15H2,1-4H3. The van der Waals surface area contributed by atoms with E-state index in [2.05, 4.69) is 0 Å². The van der Waals surface area contributed by atoms with Crippen molar-refractivity contribution in [3.63, 3.8) is 0 Å². The van der Waals surface area contributed by atoms with Crippen LogP contribution in [0.2, 0.25) is 0 Å². The maximum Gasteiger partial charge on any atom is 0.226 e. The first kappa shape index (κ1) is 14.5. The molecule has 0 radical (unpaired) electrons. The van der Waals surface area contributed by atoms with Gasteiger partial charge in [-0.1, -0.05) is 0 Å². The molecule has 18 heavy (non-hydrogen) atoms. The largest absolute Gasteiger partial charge is 0.496 e. The van der Waals surface area contributed by atoms with E-state index in [4.69, 9.17) is 10.5 Å². The van der Waals surface area contributed by atoms with Crippen molar-refractivity contribution in [2.24, 2.45) is 5.73 Å². The number of hydrogen-bond donors (Lipinski definition) is 1. The summed E-state index contributed by atoms with van der Waals surface area (Å²) >= 11 is 0. The summed E-state index contributed by atoms with van der Waals surface area (Å²) in [4.78, 5) is 13.6. The Morgan fingerprint density at radius 3 is 2.67 bits per heavy atom. The summed E-state index contributed by atoms with van der Waals surface area (Å²) in [5, 5.41) is 0. The molecule has 0 heterocycles. The molecule has 4 heteroatoms. The van der Waals surface area contributed by atoms with Crippen LogP contribution in [-0.2, 0) is 4.79 Å². The van der Waals surface area contributed by atoms with Crippen molar-refractivity contribution >= 4 is 11.6 Å². The molecule has 4 nitrogen and oxygen atoms in total. The Hall–Kier alpha value is -1.55. The monoisotopic (exact) mass is 250 g/mol. The lowest BCUT2D eigenvalue weighted by Crippen LogP contribution is -2.28. The van der Waals surface area contributed by atoms with Crippen molar-refractivity contribution in [2.45, 2.75) is 32.7 Å². The summed E-state index contributed by atoms with van der Waals surface area (Å²) in [5.41, 5.74) is 7.55. The van der Waals surface area contributed by atoms with Crippen LogP contribution >= 0.6 is 0 Å². The fourth-order valence-corrected chi connectivity index (χ4v) is 1.73. The fourth-order valence-electron chi connectivity index (χ4n) is 1.73. The summed E-state index contributed by atoms with van der Waals surface area (Å²) < 4.78 is 5.20. The van der Waals surface area contributed by atoms with Crippen LogP contribution in [0, 0.1) is 6.92 Å². The van der Waals surface area contributed by atoms with E-state index in [0.717, 1.165) is 17.0 Å². The van der Waals surface area contributed by atoms with Crippen LogP contribution in [-0.4, -0.2) is 26.1 Å². The molecule has 0 fully saturated rings. The van der Waals surface area contributed by atoms with E-state index in [9.17, 15) is 4.79 Å². The summed E-state index contributed by atoms with van der Waals surface area (Å²) in [6.45, 7) is 3.87. The predicted octanol–water partition coefficient (Wildman–Crippen LogP) is 2.09. The van der Waals surface area contributed by atoms with Crippen molar-refractivity contribution in [1.82, 2.24) is 0 Å². The van der Waals surface area contributed by atoms with Gasteiger partial charge in [0, 0.05) is 25.2 Å². The first-order chi connectivity index (χ1) is 8.45. The van der Waals surface area contributed by atoms with Crippen LogP contribution < -0.4 is 15.4 Å². The maximum atomic E-state index is 12.0. The van der Waals surface area contributed by atoms with Crippen LogP contribution in [0.5, 0.6) is 5.75 Å². The maximum absolute atomic E-state index is 12.0. The number of nitrogens with two attached hydrogens (primary N) is 1. The Morgan fingerprint density at radius 1 is 1.50 bits per heavy atom. The number of carbonyl (C=O) groups excluding carboxylic acids is 1. The summed E-state index contributed by atoms with van der Waals surface area (Å²) in [6, 6.07) is 5.76. The highest BCUT2D eigenvalue weighted by atomic mass is 16.5. The topological polar surface area (TPSA) is 55.6 Å². The molecule has 0 aliphatic carbocycles. The molecule has 0 aromatic heterocycles. The second-order valence-corrected chi connectivity index (χ2v) is 4.62. The molecule has 1 amide bonds. The molecule has 1 aromatic rings. The van der Waals surface area contributed by atoms with Crippen molar-refractivity contribution in [1.29, 1.82) is 0 Å². The van der Waals surface area contributed by atoms with Crippen LogP contribution in [0.15, 0.2) is 18.2 Å². The number of ether oxygens (including phenoxy) is 1. The summed E-state index contributed by atoms with van der Waals surface area (Å²) in [6.07, 6.45) is 1.18. The Balaban J connectivity index is 2.74. The lowest BCUT2D eigenvalue weighted by atomic mass is 10.1. The van der Waals surface area contributed by atoms with Crippen LogP contribution in [0.3, 0.4) is 0 Å². The highest BCUT2D eigenvalue weighted by Gasteiger charge is 2.12. The normalized spacial score (nSPS) is 12.1. The quantitative estimate of drug-likeness (QED) is 0.870. The highest BCUT2D eigenvalue weighted by molar-refractivity contribution is 5.92. The SMILES string of the molecule is COc1ccc(N(C)C(=O)CCC(C)N)cc1C. The first-order valence-electron chi connectivity index (χ1n) is 6.12. The predicted molar refractivity (Wildman–Crippen MR) is 74.0 cm³/mol. The van der Waals surface area contributed by atoms with E-state index < -0.39 is 0 Å². The lowest BCUT2D eigenvalue weighted by Gasteiger charge is -2.19. The third-order valence-corrected chi connectivity index (χ3v) is 2.95. The van der Waals surface area contributed by atoms with Crippen molar-refractivity contribution < 1.29 is 9.53 Å². The van der Waals surface area contributed by atoms with Crippen LogP contribution in [0.4, 0.5) is 5.69 Å². The molecule has 0 saturated carbocycles. The number of hydrogen-bond acceptors (Lipinski definition) is 3. The highest BCUT2D eigenvalue weighted by Crippen LogP contribution is 2.24. The van der Waals surface area contributed by atoms with Crippen molar-refractivity contribution in [3.8, 4) is 5.75 Å². The van der Waals surface area contributed by atoms with Gasteiger partial charge >= 0.3 is 0 Å². The number of aryl methyl sites for hydroxylation is 1. The molecule has 0 saturated heterocycles. The van der Waals surface area contributed by atoms with Gasteiger partial charge < -0.3 is 15.4 Å². The fraction of sp³-hybridized carbons (Fsp3) is 0.500. The van der Waals surface area contributed by atoms with Crippen LogP contribution in [0.1, 0.15) is 25.3 Å². The molecule has 0 aliphatic rings. The number of nitrogens with zero attached hydrogens (tertiary/aromatic N) is 1. The van der Waals surface area contributed by atoms with Gasteiger partial charge in [-0.3, -0.25) is 4.79 Å². The number of benzene rings is 1. The van der Waals surface area contributed by atoms with E-state index in [1.807, 2.05) is 32.0 Å². The second kappa shape index (κ2) is 6.40. The van der Waals surface area contributed by atoms with Gasteiger partial charge in [0.05, 0.1) is 7.11 Å². The van der Waals surface area contributed by atoms with E-state index in [1.54, 1.807) is 19.1 Å². The molecule has 100 valence electrons. The number of anilines is 1. The van der Waals surface area contributed by atoms with Gasteiger partial charge in [-0.25, -0.2) is 0 Å². The van der Waals surface area contributed by atoms with Gasteiger partial charge in [-0.15, -0.1) is 0 Å². The third-order valence-electron chi connectivity index (χ3n) is 2.95. The average Bonchev–Trinajstić information content (AvgIpc) is 2.34. The number of carbonyl (C=O) groups is 1. The summed E-state index contributed by atoms with van der Waals surface area (Å²) in [7, 11) is 3.42. The molecular weight excluding hydrogens is 228 g/mol. The minimum Gasteiger partial charge on any atom is -0.496 e. The van der Waals surface area contributed by atoms with E-state index in [0.29, 0.717) is 12.8 Å². The lowest BCUT2D eigenvalue weighted by molar-refractivity contribution is -0.118. The molecule has 0 aliphatic heterocycles. The van der Waals surface area contributed by atoms with Gasteiger partial charge in [-0.2, -0.15) is 0 Å². The Bertz CT molecular complexity index is 416. The Labute approximate surface area is 109 Å². The van der Waals surface area contributed by atoms with Gasteiger partial charge in [0.15, 0.2) is 0 Å². The van der Waals surface area contributed by atoms with E-state index >= 15 is 0 Å². The number of methoxy groups -OCH3 is 1. The summed E-state index contributed by atoms with van der Waals surface area (Å²) in [5.74, 6) is 0.909. The van der Waals surface area contributed by atoms with Crippen molar-refractivity contribution in [3.05, 3.63) is 23.8 Å². The molecule has 0 spiro atoms. The molecule has 1 atom stereocenters. The van der Waals surface area contributed by atoms with Crippen LogP contribution in [0.25, 0.3) is 0 Å². The van der Waals surface area contributed by atoms with E-state index in [-0.39, 0.29) is 11.9 Å². The Morgan fingerprint density at radius 2 is 2.17 bits per heavy atom. The minimum atomic E-state index is 0.0555. The van der Waals surface area contributed by atoms with Gasteiger partial charge in [0.25, 0.3) is 0 Å². The van der Waals surface area contributed by atoms with Gasteiger partial charge in [-0.05, 0) is 44.0 Å². The average molecular weight is 250 g/mol. The molecule has 1 unspecified atom stereocenters. The van der Waals surface area contributed by atoms with E-state index in [1.165, 1.54) is 0 Å². The zero-order chi connectivity index (χ0) is 13.7. The molecule has 1 rings (SSSR count). The Kier molecular flexibility index (Phi) is 5.16. The third kappa shape index (κ3) is 3.74. The van der Waals surface area contributed by atoms with Gasteiger partial charge in [0.1, 0.15) is 5.75 Å². The zero-order valence-corrected chi connectivity index (χ0v) is 11.6. The molecule has 1 aromatic carbocycles. The smallest absolute Gasteiger partial charge is 0.226 e. The zero-order valence-electron chi connectivity index (χ0n) is 11.6. The molecule has 2 N–H and O–H groups in total. The number of rotatable bonds is 5. The first-order valence-corrected chi connectivity index (χ1v) is 6.12. The molecular formula is C14H22N2O2. The number of amides is 1. The van der Waals surface area contributed by atoms with Gasteiger partial charge in [0.2, 0.25) is 5.91 Å². The second-order valence-electron chi connectivity index (χ2n) is 4.62. The van der Waals surface area contributed by atoms with Crippen molar-refractivity contribution in [2.75, 3.05) is 19.1 Å². The molecule has 0 bridgehead atoms. The minimum absolute atomic E-state index is 0.0555.